The molecule has 0 radical (unpaired) electrons. The van der Waals surface area contributed by atoms with Crippen LogP contribution in [-0.4, -0.2) is 12.6 Å². The maximum absolute atomic E-state index is 12.1. The minimum atomic E-state index is -0.323. The van der Waals surface area contributed by atoms with Crippen LogP contribution >= 0.6 is 0 Å². The van der Waals surface area contributed by atoms with E-state index in [0.29, 0.717) is 29.7 Å². The van der Waals surface area contributed by atoms with E-state index in [9.17, 15) is 4.79 Å². The third-order valence-electron chi connectivity index (χ3n) is 4.16. The molecule has 0 aromatic heterocycles. The molecule has 3 heteroatoms. The Morgan fingerprint density at radius 3 is 2.13 bits per heavy atom. The summed E-state index contributed by atoms with van der Waals surface area (Å²) in [6.45, 7) is 11.8. The fourth-order valence-corrected chi connectivity index (χ4v) is 3.42. The highest BCUT2D eigenvalue weighted by Gasteiger charge is 2.16. The van der Waals surface area contributed by atoms with Gasteiger partial charge < -0.3 is 10.5 Å². The zero-order valence-corrected chi connectivity index (χ0v) is 15.3. The summed E-state index contributed by atoms with van der Waals surface area (Å²) >= 11 is 0. The van der Waals surface area contributed by atoms with Crippen LogP contribution in [0.25, 0.3) is 0 Å². The molecular weight excluding hydrogens is 286 g/mol. The lowest BCUT2D eigenvalue weighted by Gasteiger charge is -2.21. The molecule has 3 atom stereocenters. The summed E-state index contributed by atoms with van der Waals surface area (Å²) in [5.41, 5.74) is 6.73. The van der Waals surface area contributed by atoms with Crippen LogP contribution in [0.3, 0.4) is 0 Å². The van der Waals surface area contributed by atoms with E-state index in [4.69, 9.17) is 10.5 Å². The van der Waals surface area contributed by atoms with Crippen LogP contribution in [-0.2, 0) is 4.74 Å². The number of esters is 1. The van der Waals surface area contributed by atoms with Gasteiger partial charge in [0, 0.05) is 5.69 Å². The monoisotopic (exact) mass is 319 g/mol. The van der Waals surface area contributed by atoms with Crippen molar-refractivity contribution >= 4 is 11.7 Å². The van der Waals surface area contributed by atoms with Gasteiger partial charge in [0.05, 0.1) is 12.2 Å². The average Bonchev–Trinajstić information content (AvgIpc) is 2.44. The molecule has 0 spiro atoms. The predicted molar refractivity (Wildman–Crippen MR) is 97.3 cm³/mol. The van der Waals surface area contributed by atoms with Crippen molar-refractivity contribution in [2.45, 2.75) is 53.9 Å². The van der Waals surface area contributed by atoms with E-state index in [2.05, 4.69) is 34.6 Å². The summed E-state index contributed by atoms with van der Waals surface area (Å²) in [5.74, 6) is 2.20. The second-order valence-electron chi connectivity index (χ2n) is 7.60. The first-order valence-corrected chi connectivity index (χ1v) is 8.81. The van der Waals surface area contributed by atoms with E-state index in [1.54, 1.807) is 18.2 Å². The van der Waals surface area contributed by atoms with E-state index in [1.165, 1.54) is 12.8 Å². The third-order valence-corrected chi connectivity index (χ3v) is 4.16. The van der Waals surface area contributed by atoms with Crippen LogP contribution < -0.4 is 5.73 Å². The molecule has 0 fully saturated rings. The summed E-state index contributed by atoms with van der Waals surface area (Å²) in [7, 11) is 0. The Morgan fingerprint density at radius 2 is 1.52 bits per heavy atom. The predicted octanol–water partition coefficient (Wildman–Crippen LogP) is 5.16. The number of rotatable bonds is 9. The Bertz CT molecular complexity index is 484. The van der Waals surface area contributed by atoms with E-state index in [-0.39, 0.29) is 5.97 Å². The molecule has 0 aliphatic heterocycles. The van der Waals surface area contributed by atoms with Crippen LogP contribution in [0.15, 0.2) is 24.3 Å². The van der Waals surface area contributed by atoms with Gasteiger partial charge in [0.25, 0.3) is 0 Å². The van der Waals surface area contributed by atoms with Gasteiger partial charge in [0.15, 0.2) is 0 Å². The second-order valence-corrected chi connectivity index (χ2v) is 7.60. The molecule has 2 N–H and O–H groups in total. The molecule has 1 aromatic carbocycles. The van der Waals surface area contributed by atoms with Crippen molar-refractivity contribution in [2.24, 2.45) is 23.7 Å². The summed E-state index contributed by atoms with van der Waals surface area (Å²) in [5, 5.41) is 0. The summed E-state index contributed by atoms with van der Waals surface area (Å²) in [4.78, 5) is 12.1. The Labute approximate surface area is 141 Å². The average molecular weight is 319 g/mol. The van der Waals surface area contributed by atoms with Crippen molar-refractivity contribution in [3.63, 3.8) is 0 Å². The molecule has 0 heterocycles. The molecule has 0 saturated carbocycles. The first-order chi connectivity index (χ1) is 10.8. The maximum atomic E-state index is 12.1. The van der Waals surface area contributed by atoms with Crippen molar-refractivity contribution in [3.8, 4) is 0 Å². The van der Waals surface area contributed by atoms with Crippen LogP contribution in [0, 0.1) is 23.7 Å². The molecule has 3 unspecified atom stereocenters. The van der Waals surface area contributed by atoms with Gasteiger partial charge in [-0.15, -0.1) is 0 Å². The van der Waals surface area contributed by atoms with E-state index in [0.717, 1.165) is 18.3 Å². The zero-order valence-electron chi connectivity index (χ0n) is 15.3. The zero-order chi connectivity index (χ0) is 17.4. The van der Waals surface area contributed by atoms with Gasteiger partial charge in [-0.1, -0.05) is 46.8 Å². The van der Waals surface area contributed by atoms with Crippen molar-refractivity contribution in [1.29, 1.82) is 0 Å². The van der Waals surface area contributed by atoms with Gasteiger partial charge in [0.1, 0.15) is 0 Å². The number of ether oxygens (including phenoxy) is 1. The van der Waals surface area contributed by atoms with Gasteiger partial charge in [-0.05, 0) is 55.1 Å². The molecule has 130 valence electrons. The number of carbonyl (C=O) groups is 1. The number of hydrogen-bond donors (Lipinski definition) is 1. The maximum Gasteiger partial charge on any atom is 0.340 e. The number of carbonyl (C=O) groups excluding carboxylic acids is 1. The van der Waals surface area contributed by atoms with E-state index in [1.807, 2.05) is 6.07 Å². The third kappa shape index (κ3) is 7.54. The SMILES string of the molecule is CC(C)CC(C)CC(C)CC(C)COC(=O)c1ccccc1N. The first kappa shape index (κ1) is 19.5. The molecule has 1 rings (SSSR count). The molecule has 1 aromatic rings. The topological polar surface area (TPSA) is 52.3 Å². The Balaban J connectivity index is 2.35. The highest BCUT2D eigenvalue weighted by atomic mass is 16.5. The molecule has 0 amide bonds. The molecule has 0 aliphatic carbocycles. The molecule has 23 heavy (non-hydrogen) atoms. The standard InChI is InChI=1S/C20H33NO2/c1-14(2)10-15(3)11-16(4)12-17(5)13-23-20(22)18-8-6-7-9-19(18)21/h6-9,14-17H,10-13,21H2,1-5H3. The smallest absolute Gasteiger partial charge is 0.340 e. The lowest BCUT2D eigenvalue weighted by Crippen LogP contribution is -2.16. The van der Waals surface area contributed by atoms with E-state index >= 15 is 0 Å². The summed E-state index contributed by atoms with van der Waals surface area (Å²) < 4.78 is 5.42. The highest BCUT2D eigenvalue weighted by Crippen LogP contribution is 2.24. The quantitative estimate of drug-likeness (QED) is 0.505. The molecule has 0 aliphatic rings. The number of hydrogen-bond acceptors (Lipinski definition) is 3. The van der Waals surface area contributed by atoms with Gasteiger partial charge >= 0.3 is 5.97 Å². The number of para-hydroxylation sites is 1. The molecule has 0 bridgehead atoms. The van der Waals surface area contributed by atoms with Gasteiger partial charge in [-0.25, -0.2) is 4.79 Å². The summed E-state index contributed by atoms with van der Waals surface area (Å²) in [6.07, 6.45) is 3.60. The minimum Gasteiger partial charge on any atom is -0.462 e. The Hall–Kier alpha value is -1.51. The van der Waals surface area contributed by atoms with Crippen LogP contribution in [0.2, 0.25) is 0 Å². The van der Waals surface area contributed by atoms with Gasteiger partial charge in [0.2, 0.25) is 0 Å². The van der Waals surface area contributed by atoms with Crippen molar-refractivity contribution in [1.82, 2.24) is 0 Å². The molecule has 3 nitrogen and oxygen atoms in total. The minimum absolute atomic E-state index is 0.323. The normalized spacial score (nSPS) is 15.2. The number of nitrogen functional groups attached to an aromatic ring is 1. The molecule has 0 saturated heterocycles. The van der Waals surface area contributed by atoms with Crippen molar-refractivity contribution in [3.05, 3.63) is 29.8 Å². The van der Waals surface area contributed by atoms with Crippen LogP contribution in [0.4, 0.5) is 5.69 Å². The fraction of sp³-hybridized carbons (Fsp3) is 0.650. The summed E-state index contributed by atoms with van der Waals surface area (Å²) in [6, 6.07) is 7.04. The fourth-order valence-electron chi connectivity index (χ4n) is 3.42. The second kappa shape index (κ2) is 9.59. The van der Waals surface area contributed by atoms with Crippen molar-refractivity contribution in [2.75, 3.05) is 12.3 Å². The number of nitrogens with two attached hydrogens (primary N) is 1. The van der Waals surface area contributed by atoms with Crippen LogP contribution in [0.1, 0.15) is 64.2 Å². The van der Waals surface area contributed by atoms with Gasteiger partial charge in [-0.2, -0.15) is 0 Å². The molecular formula is C20H33NO2. The Kier molecular flexibility index (Phi) is 8.15. The first-order valence-electron chi connectivity index (χ1n) is 8.81. The van der Waals surface area contributed by atoms with Crippen LogP contribution in [0.5, 0.6) is 0 Å². The Morgan fingerprint density at radius 1 is 0.957 bits per heavy atom. The number of anilines is 1. The van der Waals surface area contributed by atoms with Gasteiger partial charge in [-0.3, -0.25) is 0 Å². The largest absolute Gasteiger partial charge is 0.462 e. The lowest BCUT2D eigenvalue weighted by molar-refractivity contribution is 0.0433. The highest BCUT2D eigenvalue weighted by molar-refractivity contribution is 5.94. The number of benzene rings is 1. The van der Waals surface area contributed by atoms with E-state index < -0.39 is 0 Å². The lowest BCUT2D eigenvalue weighted by atomic mass is 9.86. The van der Waals surface area contributed by atoms with Crippen molar-refractivity contribution < 1.29 is 9.53 Å².